The molecule has 1 aliphatic heterocycles. The van der Waals surface area contributed by atoms with Crippen LogP contribution in [0.5, 0.6) is 0 Å². The predicted molar refractivity (Wildman–Crippen MR) is 69.1 cm³/mol. The van der Waals surface area contributed by atoms with Crippen molar-refractivity contribution in [3.05, 3.63) is 16.6 Å². The molecule has 1 N–H and O–H groups in total. The summed E-state index contributed by atoms with van der Waals surface area (Å²) in [7, 11) is 0. The standard InChI is InChI=1S/C12H17N3O2S/c1-9(16)14-8-11(17)15-6-3-2-4-10(15)12-13-5-7-18-12/h5,7,10H,2-4,6,8H2,1H3,(H,14,16)/t10-/m0/s1. The third-order valence-electron chi connectivity index (χ3n) is 3.05. The Hall–Kier alpha value is -1.43. The maximum absolute atomic E-state index is 12.1. The SMILES string of the molecule is CC(=O)NCC(=O)N1CCCC[C@H]1c1nccs1. The molecule has 1 aromatic rings. The van der Waals surface area contributed by atoms with Crippen LogP contribution in [0.1, 0.15) is 37.2 Å². The molecule has 1 aliphatic rings. The molecule has 0 saturated carbocycles. The lowest BCUT2D eigenvalue weighted by Gasteiger charge is -2.34. The maximum Gasteiger partial charge on any atom is 0.242 e. The first-order chi connectivity index (χ1) is 8.68. The van der Waals surface area contributed by atoms with E-state index in [2.05, 4.69) is 10.3 Å². The first-order valence-electron chi connectivity index (χ1n) is 6.12. The quantitative estimate of drug-likeness (QED) is 0.898. The lowest BCUT2D eigenvalue weighted by atomic mass is 10.0. The molecule has 0 radical (unpaired) electrons. The lowest BCUT2D eigenvalue weighted by Crippen LogP contribution is -2.43. The van der Waals surface area contributed by atoms with Crippen molar-refractivity contribution in [2.45, 2.75) is 32.2 Å². The smallest absolute Gasteiger partial charge is 0.242 e. The lowest BCUT2D eigenvalue weighted by molar-refractivity contribution is -0.135. The topological polar surface area (TPSA) is 62.3 Å². The number of hydrogen-bond acceptors (Lipinski definition) is 4. The van der Waals surface area contributed by atoms with Crippen LogP contribution < -0.4 is 5.32 Å². The summed E-state index contributed by atoms with van der Waals surface area (Å²) >= 11 is 1.58. The first-order valence-corrected chi connectivity index (χ1v) is 6.99. The molecule has 2 rings (SSSR count). The number of amides is 2. The van der Waals surface area contributed by atoms with E-state index < -0.39 is 0 Å². The molecular formula is C12H17N3O2S. The molecule has 2 amide bonds. The third-order valence-corrected chi connectivity index (χ3v) is 3.92. The Morgan fingerprint density at radius 2 is 2.39 bits per heavy atom. The van der Waals surface area contributed by atoms with Crippen molar-refractivity contribution in [3.63, 3.8) is 0 Å². The van der Waals surface area contributed by atoms with E-state index in [9.17, 15) is 9.59 Å². The summed E-state index contributed by atoms with van der Waals surface area (Å²) in [6, 6.07) is 0.0833. The molecule has 0 bridgehead atoms. The molecule has 1 atom stereocenters. The number of aromatic nitrogens is 1. The van der Waals surface area contributed by atoms with Crippen LogP contribution in [-0.2, 0) is 9.59 Å². The second-order valence-electron chi connectivity index (χ2n) is 4.38. The van der Waals surface area contributed by atoms with Gasteiger partial charge < -0.3 is 10.2 Å². The van der Waals surface area contributed by atoms with Gasteiger partial charge in [0.25, 0.3) is 0 Å². The minimum absolute atomic E-state index is 0.0231. The van der Waals surface area contributed by atoms with Gasteiger partial charge in [0.2, 0.25) is 11.8 Å². The summed E-state index contributed by atoms with van der Waals surface area (Å²) < 4.78 is 0. The summed E-state index contributed by atoms with van der Waals surface area (Å²) in [6.45, 7) is 2.25. The average Bonchev–Trinajstić information content (AvgIpc) is 2.89. The highest BCUT2D eigenvalue weighted by molar-refractivity contribution is 7.09. The maximum atomic E-state index is 12.1. The van der Waals surface area contributed by atoms with Gasteiger partial charge in [-0.1, -0.05) is 0 Å². The predicted octanol–water partition coefficient (Wildman–Crippen LogP) is 1.33. The van der Waals surface area contributed by atoms with E-state index >= 15 is 0 Å². The molecule has 1 saturated heterocycles. The third kappa shape index (κ3) is 3.07. The highest BCUT2D eigenvalue weighted by Crippen LogP contribution is 2.31. The number of rotatable bonds is 3. The van der Waals surface area contributed by atoms with E-state index in [0.29, 0.717) is 0 Å². The highest BCUT2D eigenvalue weighted by Gasteiger charge is 2.29. The molecule has 5 nitrogen and oxygen atoms in total. The number of hydrogen-bond donors (Lipinski definition) is 1. The minimum atomic E-state index is -0.175. The van der Waals surface area contributed by atoms with Crippen molar-refractivity contribution >= 4 is 23.2 Å². The second-order valence-corrected chi connectivity index (χ2v) is 5.30. The fourth-order valence-electron chi connectivity index (χ4n) is 2.19. The van der Waals surface area contributed by atoms with Gasteiger partial charge in [-0.15, -0.1) is 11.3 Å². The summed E-state index contributed by atoms with van der Waals surface area (Å²) in [6.07, 6.45) is 4.87. The van der Waals surface area contributed by atoms with Gasteiger partial charge in [-0.3, -0.25) is 9.59 Å². The van der Waals surface area contributed by atoms with Crippen LogP contribution in [0.25, 0.3) is 0 Å². The number of carbonyl (C=O) groups is 2. The fraction of sp³-hybridized carbons (Fsp3) is 0.583. The van der Waals surface area contributed by atoms with E-state index in [1.54, 1.807) is 17.5 Å². The molecule has 1 aromatic heterocycles. The van der Waals surface area contributed by atoms with Crippen LogP contribution >= 0.6 is 11.3 Å². The highest BCUT2D eigenvalue weighted by atomic mass is 32.1. The number of nitrogens with one attached hydrogen (secondary N) is 1. The zero-order valence-electron chi connectivity index (χ0n) is 10.4. The molecule has 6 heteroatoms. The summed E-state index contributed by atoms with van der Waals surface area (Å²) in [5.41, 5.74) is 0. The molecule has 0 spiro atoms. The number of carbonyl (C=O) groups excluding carboxylic acids is 2. The van der Waals surface area contributed by atoms with E-state index in [0.717, 1.165) is 30.8 Å². The number of likely N-dealkylation sites (tertiary alicyclic amines) is 1. The van der Waals surface area contributed by atoms with Crippen molar-refractivity contribution in [1.29, 1.82) is 0 Å². The average molecular weight is 267 g/mol. The van der Waals surface area contributed by atoms with Gasteiger partial charge in [-0.05, 0) is 19.3 Å². The van der Waals surface area contributed by atoms with E-state index in [1.165, 1.54) is 6.92 Å². The zero-order valence-corrected chi connectivity index (χ0v) is 11.2. The molecule has 1 fully saturated rings. The van der Waals surface area contributed by atoms with Crippen LogP contribution in [0.2, 0.25) is 0 Å². The van der Waals surface area contributed by atoms with E-state index in [4.69, 9.17) is 0 Å². The molecular weight excluding hydrogens is 250 g/mol. The van der Waals surface area contributed by atoms with Gasteiger partial charge in [0, 0.05) is 25.0 Å². The molecule has 0 unspecified atom stereocenters. The van der Waals surface area contributed by atoms with Gasteiger partial charge in [-0.25, -0.2) is 4.98 Å². The van der Waals surface area contributed by atoms with Crippen LogP contribution in [0.3, 0.4) is 0 Å². The Kier molecular flexibility index (Phi) is 4.30. The van der Waals surface area contributed by atoms with Crippen molar-refractivity contribution in [2.24, 2.45) is 0 Å². The molecule has 98 valence electrons. The van der Waals surface area contributed by atoms with Crippen LogP contribution in [0.4, 0.5) is 0 Å². The van der Waals surface area contributed by atoms with Gasteiger partial charge in [0.15, 0.2) is 0 Å². The monoisotopic (exact) mass is 267 g/mol. The number of piperidine rings is 1. The van der Waals surface area contributed by atoms with E-state index in [1.807, 2.05) is 10.3 Å². The second kappa shape index (κ2) is 5.95. The Bertz CT molecular complexity index is 419. The normalized spacial score (nSPS) is 19.6. The van der Waals surface area contributed by atoms with Crippen LogP contribution in [0, 0.1) is 0 Å². The fourth-order valence-corrected chi connectivity index (χ4v) is 2.97. The van der Waals surface area contributed by atoms with Crippen LogP contribution in [-0.4, -0.2) is 34.8 Å². The zero-order chi connectivity index (χ0) is 13.0. The van der Waals surface area contributed by atoms with E-state index in [-0.39, 0.29) is 24.4 Å². The van der Waals surface area contributed by atoms with Crippen molar-refractivity contribution in [1.82, 2.24) is 15.2 Å². The molecule has 2 heterocycles. The van der Waals surface area contributed by atoms with Crippen LogP contribution in [0.15, 0.2) is 11.6 Å². The Morgan fingerprint density at radius 3 is 3.06 bits per heavy atom. The van der Waals surface area contributed by atoms with Gasteiger partial charge in [0.1, 0.15) is 5.01 Å². The largest absolute Gasteiger partial charge is 0.347 e. The van der Waals surface area contributed by atoms with Crippen molar-refractivity contribution in [3.8, 4) is 0 Å². The molecule has 0 aromatic carbocycles. The molecule has 18 heavy (non-hydrogen) atoms. The Morgan fingerprint density at radius 1 is 1.56 bits per heavy atom. The van der Waals surface area contributed by atoms with Gasteiger partial charge in [-0.2, -0.15) is 0 Å². The van der Waals surface area contributed by atoms with Gasteiger partial charge >= 0.3 is 0 Å². The first kappa shape index (κ1) is 13.0. The summed E-state index contributed by atoms with van der Waals surface area (Å²) in [4.78, 5) is 29.1. The minimum Gasteiger partial charge on any atom is -0.347 e. The summed E-state index contributed by atoms with van der Waals surface area (Å²) in [5, 5.41) is 5.48. The number of nitrogens with zero attached hydrogens (tertiary/aromatic N) is 2. The number of thiazole rings is 1. The van der Waals surface area contributed by atoms with Crippen molar-refractivity contribution < 1.29 is 9.59 Å². The summed E-state index contributed by atoms with van der Waals surface area (Å²) in [5.74, 6) is -0.198. The Labute approximate surface area is 110 Å². The van der Waals surface area contributed by atoms with Gasteiger partial charge in [0.05, 0.1) is 12.6 Å². The molecule has 0 aliphatic carbocycles. The van der Waals surface area contributed by atoms with Crippen molar-refractivity contribution in [2.75, 3.05) is 13.1 Å². The Balaban J connectivity index is 2.03.